The van der Waals surface area contributed by atoms with Crippen LogP contribution in [0.3, 0.4) is 0 Å². The van der Waals surface area contributed by atoms with E-state index in [1.807, 2.05) is 36.4 Å². The molecule has 33 heavy (non-hydrogen) atoms. The van der Waals surface area contributed by atoms with Crippen LogP contribution in [-0.2, 0) is 6.54 Å². The summed E-state index contributed by atoms with van der Waals surface area (Å²) >= 11 is 0. The number of hydrogen-bond acceptors (Lipinski definition) is 6. The molecule has 0 bridgehead atoms. The van der Waals surface area contributed by atoms with E-state index < -0.39 is 0 Å². The Morgan fingerprint density at radius 3 is 2.76 bits per heavy atom. The minimum atomic E-state index is -0.272. The van der Waals surface area contributed by atoms with Crippen molar-refractivity contribution in [3.05, 3.63) is 96.1 Å². The van der Waals surface area contributed by atoms with Gasteiger partial charge in [0, 0.05) is 17.3 Å². The van der Waals surface area contributed by atoms with E-state index in [4.69, 9.17) is 5.73 Å². The summed E-state index contributed by atoms with van der Waals surface area (Å²) in [6, 6.07) is 20.8. The molecule has 0 saturated heterocycles. The lowest BCUT2D eigenvalue weighted by atomic mass is 10.1. The van der Waals surface area contributed by atoms with Crippen LogP contribution in [0.15, 0.2) is 79.4 Å². The van der Waals surface area contributed by atoms with Gasteiger partial charge in [-0.2, -0.15) is 15.5 Å². The first kappa shape index (κ1) is 20.0. The topological polar surface area (TPSA) is 127 Å². The zero-order chi connectivity index (χ0) is 22.8. The Kier molecular flexibility index (Phi) is 5.01. The average Bonchev–Trinajstić information content (AvgIpc) is 3.44. The van der Waals surface area contributed by atoms with Gasteiger partial charge in [-0.1, -0.05) is 42.5 Å². The Balaban J connectivity index is 1.39. The van der Waals surface area contributed by atoms with Gasteiger partial charge < -0.3 is 11.1 Å². The number of carbonyl (C=O) groups is 1. The molecule has 3 aromatic heterocycles. The summed E-state index contributed by atoms with van der Waals surface area (Å²) in [5.74, 6) is -0.0548. The molecule has 0 saturated carbocycles. The van der Waals surface area contributed by atoms with Crippen LogP contribution in [-0.4, -0.2) is 30.3 Å². The summed E-state index contributed by atoms with van der Waals surface area (Å²) in [7, 11) is 0. The molecule has 5 aromatic rings. The van der Waals surface area contributed by atoms with E-state index in [1.165, 1.54) is 6.33 Å². The van der Waals surface area contributed by atoms with Crippen LogP contribution >= 0.6 is 0 Å². The maximum atomic E-state index is 12.9. The molecule has 3 heterocycles. The van der Waals surface area contributed by atoms with E-state index >= 15 is 0 Å². The summed E-state index contributed by atoms with van der Waals surface area (Å²) in [5, 5.41) is 20.9. The largest absolute Gasteiger partial charge is 0.382 e. The summed E-state index contributed by atoms with van der Waals surface area (Å²) in [6.07, 6.45) is 4.73. The highest BCUT2D eigenvalue weighted by Crippen LogP contribution is 2.28. The number of nitrogens with two attached hydrogens (primary N) is 1. The Hall–Kier alpha value is -4.97. The fraction of sp³-hybridized carbons (Fsp3) is 0.0417. The second-order valence-electron chi connectivity index (χ2n) is 7.41. The number of nitriles is 1. The Morgan fingerprint density at radius 1 is 1.09 bits per heavy atom. The molecule has 0 spiro atoms. The number of fused-ring (bicyclic) bond motifs is 1. The zero-order valence-corrected chi connectivity index (χ0v) is 17.4. The van der Waals surface area contributed by atoms with Gasteiger partial charge in [-0.15, -0.1) is 0 Å². The van der Waals surface area contributed by atoms with E-state index in [0.717, 1.165) is 11.1 Å². The Bertz CT molecular complexity index is 1510. The fourth-order valence-corrected chi connectivity index (χ4v) is 3.67. The van der Waals surface area contributed by atoms with Crippen molar-refractivity contribution in [2.45, 2.75) is 6.54 Å². The van der Waals surface area contributed by atoms with Crippen molar-refractivity contribution in [1.29, 1.82) is 5.26 Å². The van der Waals surface area contributed by atoms with Gasteiger partial charge in [-0.3, -0.25) is 9.48 Å². The first-order valence-corrected chi connectivity index (χ1v) is 10.1. The molecule has 160 valence electrons. The number of nitrogens with zero attached hydrogens (tertiary/aromatic N) is 6. The number of amides is 1. The number of hydrogen-bond donors (Lipinski definition) is 2. The molecule has 0 radical (unpaired) electrons. The summed E-state index contributed by atoms with van der Waals surface area (Å²) in [4.78, 5) is 16.9. The number of nitrogen functional groups attached to an aromatic ring is 1. The second kappa shape index (κ2) is 8.28. The molecular formula is C24H18N8O. The van der Waals surface area contributed by atoms with Gasteiger partial charge >= 0.3 is 0 Å². The van der Waals surface area contributed by atoms with Crippen molar-refractivity contribution < 1.29 is 4.79 Å². The molecule has 1 amide bonds. The van der Waals surface area contributed by atoms with Crippen molar-refractivity contribution in [3.63, 3.8) is 0 Å². The minimum absolute atomic E-state index is 0.217. The summed E-state index contributed by atoms with van der Waals surface area (Å²) in [6.45, 7) is 0.611. The minimum Gasteiger partial charge on any atom is -0.382 e. The van der Waals surface area contributed by atoms with Gasteiger partial charge in [0.2, 0.25) is 0 Å². The highest BCUT2D eigenvalue weighted by atomic mass is 16.1. The van der Waals surface area contributed by atoms with Gasteiger partial charge in [-0.05, 0) is 23.8 Å². The predicted octanol–water partition coefficient (Wildman–Crippen LogP) is 3.35. The lowest BCUT2D eigenvalue weighted by Gasteiger charge is -2.06. The van der Waals surface area contributed by atoms with Gasteiger partial charge in [0.15, 0.2) is 5.82 Å². The number of aromatic nitrogens is 5. The highest BCUT2D eigenvalue weighted by molar-refractivity contribution is 6.04. The van der Waals surface area contributed by atoms with Crippen molar-refractivity contribution in [3.8, 4) is 17.3 Å². The number of benzene rings is 2. The smallest absolute Gasteiger partial charge is 0.255 e. The highest BCUT2D eigenvalue weighted by Gasteiger charge is 2.16. The van der Waals surface area contributed by atoms with E-state index in [0.29, 0.717) is 34.6 Å². The van der Waals surface area contributed by atoms with Crippen LogP contribution < -0.4 is 11.1 Å². The molecule has 5 rings (SSSR count). The molecule has 0 aliphatic rings. The van der Waals surface area contributed by atoms with Gasteiger partial charge in [-0.25, -0.2) is 9.50 Å². The molecule has 0 aliphatic heterocycles. The number of nitrogens with one attached hydrogen (secondary N) is 1. The standard InChI is InChI=1S/C24H18N8O/c25-11-19-10-21(32-22(19)23(26)27-15-29-32)17-7-4-8-18(9-17)24(33)30-20-12-28-31(14-20)13-16-5-2-1-3-6-16/h1-10,12,14-15H,13H2,(H,30,33)(H2,26,27,29). The van der Waals surface area contributed by atoms with Crippen LogP contribution in [0.4, 0.5) is 11.5 Å². The average molecular weight is 434 g/mol. The molecule has 0 aliphatic carbocycles. The SMILES string of the molecule is N#Cc1cc(-c2cccc(C(=O)Nc3cnn(Cc4ccccc4)c3)c2)n2ncnc(N)c12. The van der Waals surface area contributed by atoms with Gasteiger partial charge in [0.1, 0.15) is 17.9 Å². The number of anilines is 2. The molecule has 2 aromatic carbocycles. The third-order valence-electron chi connectivity index (χ3n) is 5.20. The molecule has 9 nitrogen and oxygen atoms in total. The van der Waals surface area contributed by atoms with Crippen LogP contribution in [0.25, 0.3) is 16.8 Å². The van der Waals surface area contributed by atoms with Gasteiger partial charge in [0.05, 0.1) is 29.7 Å². The Morgan fingerprint density at radius 2 is 1.94 bits per heavy atom. The van der Waals surface area contributed by atoms with Gasteiger partial charge in [0.25, 0.3) is 5.91 Å². The van der Waals surface area contributed by atoms with E-state index in [2.05, 4.69) is 26.6 Å². The fourth-order valence-electron chi connectivity index (χ4n) is 3.67. The Labute approximate surface area is 188 Å². The summed E-state index contributed by atoms with van der Waals surface area (Å²) in [5.41, 5.74) is 10.3. The quantitative estimate of drug-likeness (QED) is 0.437. The monoisotopic (exact) mass is 434 g/mol. The van der Waals surface area contributed by atoms with Crippen molar-refractivity contribution >= 4 is 22.9 Å². The maximum Gasteiger partial charge on any atom is 0.255 e. The van der Waals surface area contributed by atoms with Crippen LogP contribution in [0, 0.1) is 11.3 Å². The van der Waals surface area contributed by atoms with Crippen molar-refractivity contribution in [2.24, 2.45) is 0 Å². The first-order valence-electron chi connectivity index (χ1n) is 10.1. The molecule has 0 fully saturated rings. The molecule has 0 atom stereocenters. The van der Waals surface area contributed by atoms with E-state index in [9.17, 15) is 10.1 Å². The summed E-state index contributed by atoms with van der Waals surface area (Å²) < 4.78 is 3.33. The second-order valence-corrected chi connectivity index (χ2v) is 7.41. The lowest BCUT2D eigenvalue weighted by molar-refractivity contribution is 0.102. The van der Waals surface area contributed by atoms with Crippen LogP contribution in [0.5, 0.6) is 0 Å². The molecular weight excluding hydrogens is 416 g/mol. The van der Waals surface area contributed by atoms with Crippen LogP contribution in [0.2, 0.25) is 0 Å². The molecule has 3 N–H and O–H groups in total. The third-order valence-corrected chi connectivity index (χ3v) is 5.20. The normalized spacial score (nSPS) is 10.8. The molecule has 0 unspecified atom stereocenters. The third kappa shape index (κ3) is 3.88. The molecule has 9 heteroatoms. The van der Waals surface area contributed by atoms with Crippen molar-refractivity contribution in [1.82, 2.24) is 24.4 Å². The van der Waals surface area contributed by atoms with Crippen molar-refractivity contribution in [2.75, 3.05) is 11.1 Å². The maximum absolute atomic E-state index is 12.9. The first-order chi connectivity index (χ1) is 16.1. The van der Waals surface area contributed by atoms with Crippen LogP contribution in [0.1, 0.15) is 21.5 Å². The lowest BCUT2D eigenvalue weighted by Crippen LogP contribution is -2.11. The number of rotatable bonds is 5. The van der Waals surface area contributed by atoms with E-state index in [-0.39, 0.29) is 11.7 Å². The zero-order valence-electron chi connectivity index (χ0n) is 17.4. The number of carbonyl (C=O) groups excluding carboxylic acids is 1. The van der Waals surface area contributed by atoms with E-state index in [1.54, 1.807) is 45.9 Å². The predicted molar refractivity (Wildman–Crippen MR) is 123 cm³/mol.